The van der Waals surface area contributed by atoms with E-state index >= 15 is 0 Å². The molecule has 0 aliphatic heterocycles. The summed E-state index contributed by atoms with van der Waals surface area (Å²) >= 11 is 0. The lowest BCUT2D eigenvalue weighted by Gasteiger charge is -2.09. The molecule has 25 heavy (non-hydrogen) atoms. The molecule has 0 saturated heterocycles. The molecule has 1 N–H and O–H groups in total. The molecule has 1 amide bonds. The second-order valence-corrected chi connectivity index (χ2v) is 4.80. The molecule has 0 aliphatic carbocycles. The molecule has 0 fully saturated rings. The summed E-state index contributed by atoms with van der Waals surface area (Å²) in [6, 6.07) is 2.98. The summed E-state index contributed by atoms with van der Waals surface area (Å²) < 4.78 is 91.0. The number of nitrogens with zero attached hydrogens (tertiary/aromatic N) is 2. The van der Waals surface area contributed by atoms with Gasteiger partial charge >= 0.3 is 18.2 Å². The fourth-order valence-corrected chi connectivity index (χ4v) is 1.72. The van der Waals surface area contributed by atoms with Crippen LogP contribution in [-0.4, -0.2) is 22.2 Å². The van der Waals surface area contributed by atoms with E-state index in [1.165, 1.54) is 0 Å². The minimum absolute atomic E-state index is 0.137. The number of aromatic nitrogens is 2. The molecule has 1 aromatic heterocycles. The Hall–Kier alpha value is -2.66. The van der Waals surface area contributed by atoms with E-state index in [9.17, 15) is 35.5 Å². The molecule has 136 valence electrons. The summed E-state index contributed by atoms with van der Waals surface area (Å²) in [5.74, 6) is -4.43. The van der Waals surface area contributed by atoms with Crippen LogP contribution in [0.1, 0.15) is 17.9 Å². The number of amides is 1. The lowest BCUT2D eigenvalue weighted by Crippen LogP contribution is -2.28. The fourth-order valence-electron chi connectivity index (χ4n) is 1.72. The van der Waals surface area contributed by atoms with Crippen molar-refractivity contribution in [2.75, 3.05) is 0 Å². The summed E-state index contributed by atoms with van der Waals surface area (Å²) in [5.41, 5.74) is -0.305. The molecule has 0 unspecified atom stereocenters. The second kappa shape index (κ2) is 6.69. The number of hydrogen-bond acceptors (Lipinski definition) is 4. The van der Waals surface area contributed by atoms with Gasteiger partial charge in [0.1, 0.15) is 12.2 Å². The van der Waals surface area contributed by atoms with Gasteiger partial charge in [-0.3, -0.25) is 4.79 Å². The van der Waals surface area contributed by atoms with Gasteiger partial charge in [-0.1, -0.05) is 17.3 Å². The summed E-state index contributed by atoms with van der Waals surface area (Å²) in [7, 11) is 0. The van der Waals surface area contributed by atoms with Gasteiger partial charge in [-0.25, -0.2) is 4.39 Å². The van der Waals surface area contributed by atoms with Crippen LogP contribution in [0.15, 0.2) is 22.7 Å². The largest absolute Gasteiger partial charge is 0.471 e. The Labute approximate surface area is 134 Å². The van der Waals surface area contributed by atoms with Crippen molar-refractivity contribution in [1.82, 2.24) is 15.5 Å². The Bertz CT molecular complexity index is 768. The van der Waals surface area contributed by atoms with Crippen LogP contribution < -0.4 is 5.32 Å². The highest BCUT2D eigenvalue weighted by Crippen LogP contribution is 2.29. The lowest BCUT2D eigenvalue weighted by atomic mass is 10.1. The van der Waals surface area contributed by atoms with Crippen molar-refractivity contribution in [3.8, 4) is 11.4 Å². The number of carbonyl (C=O) groups is 1. The number of alkyl halides is 6. The minimum atomic E-state index is -4.85. The maximum absolute atomic E-state index is 13.9. The van der Waals surface area contributed by atoms with E-state index < -0.39 is 48.8 Å². The first kappa shape index (κ1) is 18.7. The molecule has 0 spiro atoms. The minimum Gasteiger partial charge on any atom is -0.352 e. The van der Waals surface area contributed by atoms with Gasteiger partial charge in [0.2, 0.25) is 11.7 Å². The average molecular weight is 371 g/mol. The third-order valence-electron chi connectivity index (χ3n) is 2.82. The van der Waals surface area contributed by atoms with Crippen LogP contribution in [0.5, 0.6) is 0 Å². The third-order valence-corrected chi connectivity index (χ3v) is 2.82. The molecule has 0 saturated carbocycles. The normalized spacial score (nSPS) is 12.3. The first-order valence-corrected chi connectivity index (χ1v) is 6.49. The number of benzene rings is 1. The zero-order chi connectivity index (χ0) is 18.8. The van der Waals surface area contributed by atoms with Crippen molar-refractivity contribution >= 4 is 5.91 Å². The first-order valence-electron chi connectivity index (χ1n) is 6.49. The Balaban J connectivity index is 2.08. The van der Waals surface area contributed by atoms with Gasteiger partial charge in [-0.05, 0) is 6.07 Å². The van der Waals surface area contributed by atoms with Crippen LogP contribution in [0, 0.1) is 5.82 Å². The maximum Gasteiger partial charge on any atom is 0.471 e. The van der Waals surface area contributed by atoms with Gasteiger partial charge in [0, 0.05) is 17.7 Å². The number of halogens is 7. The van der Waals surface area contributed by atoms with Crippen LogP contribution >= 0.6 is 0 Å². The van der Waals surface area contributed by atoms with Gasteiger partial charge in [0.05, 0.1) is 0 Å². The van der Waals surface area contributed by atoms with E-state index in [4.69, 9.17) is 0 Å². The molecule has 5 nitrogen and oxygen atoms in total. The topological polar surface area (TPSA) is 68.0 Å². The number of nitrogens with one attached hydrogen (secondary N) is 1. The van der Waals surface area contributed by atoms with Crippen molar-refractivity contribution < 1.29 is 40.1 Å². The summed E-state index contributed by atoms with van der Waals surface area (Å²) in [6.07, 6.45) is -11.3. The highest BCUT2D eigenvalue weighted by molar-refractivity contribution is 5.76. The molecule has 0 atom stereocenters. The van der Waals surface area contributed by atoms with Crippen LogP contribution in [0.25, 0.3) is 11.4 Å². The first-order chi connectivity index (χ1) is 11.5. The van der Waals surface area contributed by atoms with Crippen molar-refractivity contribution in [1.29, 1.82) is 0 Å². The van der Waals surface area contributed by atoms with Gasteiger partial charge in [-0.15, -0.1) is 0 Å². The van der Waals surface area contributed by atoms with Crippen molar-refractivity contribution in [2.45, 2.75) is 25.3 Å². The zero-order valence-corrected chi connectivity index (χ0v) is 12.0. The molecule has 12 heteroatoms. The monoisotopic (exact) mass is 371 g/mol. The van der Waals surface area contributed by atoms with E-state index in [-0.39, 0.29) is 11.1 Å². The molecule has 2 aromatic rings. The smallest absolute Gasteiger partial charge is 0.352 e. The summed E-state index contributed by atoms with van der Waals surface area (Å²) in [6.45, 7) is -0.527. The predicted molar refractivity (Wildman–Crippen MR) is 67.2 cm³/mol. The zero-order valence-electron chi connectivity index (χ0n) is 12.0. The summed E-state index contributed by atoms with van der Waals surface area (Å²) in [4.78, 5) is 14.1. The molecule has 1 heterocycles. The van der Waals surface area contributed by atoms with Gasteiger partial charge < -0.3 is 9.84 Å². The number of rotatable bonds is 4. The maximum atomic E-state index is 13.9. The van der Waals surface area contributed by atoms with E-state index in [1.807, 2.05) is 5.32 Å². The molecule has 0 radical (unpaired) electrons. The molecule has 0 aliphatic rings. The Morgan fingerprint density at radius 2 is 1.84 bits per heavy atom. The predicted octanol–water partition coefficient (Wildman–Crippen LogP) is 3.46. The Morgan fingerprint density at radius 3 is 2.36 bits per heavy atom. The molecular weight excluding hydrogens is 363 g/mol. The lowest BCUT2D eigenvalue weighted by molar-refractivity contribution is -0.159. The van der Waals surface area contributed by atoms with Crippen LogP contribution in [0.4, 0.5) is 30.7 Å². The average Bonchev–Trinajstić information content (AvgIpc) is 2.93. The Morgan fingerprint density at radius 1 is 1.16 bits per heavy atom. The van der Waals surface area contributed by atoms with Crippen LogP contribution in [-0.2, 0) is 17.5 Å². The molecule has 2 rings (SSSR count). The SMILES string of the molecule is O=C(CC(F)(F)F)NCc1ccc(-c2noc(C(F)(F)F)n2)cc1F. The van der Waals surface area contributed by atoms with E-state index in [2.05, 4.69) is 14.7 Å². The Kier molecular flexibility index (Phi) is 4.99. The van der Waals surface area contributed by atoms with Gasteiger partial charge in [0.15, 0.2) is 0 Å². The van der Waals surface area contributed by atoms with Crippen molar-refractivity contribution in [3.05, 3.63) is 35.5 Å². The molecular formula is C13H8F7N3O2. The van der Waals surface area contributed by atoms with E-state index in [0.717, 1.165) is 18.2 Å². The van der Waals surface area contributed by atoms with Crippen LogP contribution in [0.3, 0.4) is 0 Å². The van der Waals surface area contributed by atoms with E-state index in [0.29, 0.717) is 0 Å². The standard InChI is InChI=1S/C13H8F7N3O2/c14-8-3-6(10-22-11(25-23-10)13(18,19)20)1-2-7(8)5-21-9(24)4-12(15,16)17/h1-3H,4-5H2,(H,21,24). The van der Waals surface area contributed by atoms with Crippen molar-refractivity contribution in [3.63, 3.8) is 0 Å². The van der Waals surface area contributed by atoms with Gasteiger partial charge in [0.25, 0.3) is 0 Å². The van der Waals surface area contributed by atoms with Crippen LogP contribution in [0.2, 0.25) is 0 Å². The third kappa shape index (κ3) is 5.16. The summed E-state index contributed by atoms with van der Waals surface area (Å²) in [5, 5.41) is 4.95. The highest BCUT2D eigenvalue weighted by Gasteiger charge is 2.38. The molecule has 1 aromatic carbocycles. The van der Waals surface area contributed by atoms with Gasteiger partial charge in [-0.2, -0.15) is 31.3 Å². The highest BCUT2D eigenvalue weighted by atomic mass is 19.4. The second-order valence-electron chi connectivity index (χ2n) is 4.80. The quantitative estimate of drug-likeness (QED) is 0.836. The van der Waals surface area contributed by atoms with E-state index in [1.54, 1.807) is 0 Å². The number of hydrogen-bond donors (Lipinski definition) is 1. The van der Waals surface area contributed by atoms with Crippen molar-refractivity contribution in [2.24, 2.45) is 0 Å². The fraction of sp³-hybridized carbons (Fsp3) is 0.308. The number of carbonyl (C=O) groups excluding carboxylic acids is 1. The molecule has 0 bridgehead atoms.